The molecule has 9 heteroatoms. The van der Waals surface area contributed by atoms with Crippen molar-refractivity contribution in [2.45, 2.75) is 26.3 Å². The van der Waals surface area contributed by atoms with Gasteiger partial charge >= 0.3 is 5.69 Å². The topological polar surface area (TPSA) is 122 Å². The summed E-state index contributed by atoms with van der Waals surface area (Å²) in [4.78, 5) is 31.4. The molecule has 1 heterocycles. The number of rotatable bonds is 7. The highest BCUT2D eigenvalue weighted by Gasteiger charge is 2.24. The minimum Gasteiger partial charge on any atom is -0.362 e. The monoisotopic (exact) mass is 380 g/mol. The zero-order chi connectivity index (χ0) is 20.1. The average molecular weight is 380 g/mol. The Labute approximate surface area is 161 Å². The van der Waals surface area contributed by atoms with E-state index in [1.165, 1.54) is 6.33 Å². The predicted octanol–water partition coefficient (Wildman–Crippen LogP) is 3.51. The highest BCUT2D eigenvalue weighted by molar-refractivity contribution is 6.07. The van der Waals surface area contributed by atoms with Crippen LogP contribution in [0.2, 0.25) is 0 Å². The number of carbonyl (C=O) groups is 1. The molecule has 0 bridgehead atoms. The molecule has 0 fully saturated rings. The average Bonchev–Trinajstić information content (AvgIpc) is 2.71. The first-order valence-corrected chi connectivity index (χ1v) is 8.81. The molecule has 9 nitrogen and oxygen atoms in total. The molecule has 0 saturated carbocycles. The number of nitrogens with one attached hydrogen (secondary N) is 3. The Bertz CT molecular complexity index is 1020. The van der Waals surface area contributed by atoms with Crippen LogP contribution < -0.4 is 16.2 Å². The smallest absolute Gasteiger partial charge is 0.354 e. The molecular weight excluding hydrogens is 360 g/mol. The second kappa shape index (κ2) is 8.30. The number of hydrogen-bond acceptors (Lipinski definition) is 7. The van der Waals surface area contributed by atoms with Crippen molar-refractivity contribution < 1.29 is 9.72 Å². The fourth-order valence-electron chi connectivity index (χ4n) is 2.69. The van der Waals surface area contributed by atoms with Gasteiger partial charge in [0.25, 0.3) is 5.91 Å². The van der Waals surface area contributed by atoms with Gasteiger partial charge in [0.1, 0.15) is 6.33 Å². The summed E-state index contributed by atoms with van der Waals surface area (Å²) in [5.41, 5.74) is 5.15. The summed E-state index contributed by atoms with van der Waals surface area (Å²) >= 11 is 0. The molecule has 1 amide bonds. The van der Waals surface area contributed by atoms with Crippen LogP contribution in [0.4, 0.5) is 17.3 Å². The third-order valence-corrected chi connectivity index (χ3v) is 4.33. The Morgan fingerprint density at radius 3 is 2.61 bits per heavy atom. The van der Waals surface area contributed by atoms with Crippen molar-refractivity contribution >= 4 is 34.0 Å². The molecule has 0 aliphatic carbocycles. The van der Waals surface area contributed by atoms with Gasteiger partial charge in [-0.05, 0) is 30.2 Å². The minimum absolute atomic E-state index is 0.00766. The van der Waals surface area contributed by atoms with Crippen molar-refractivity contribution in [1.82, 2.24) is 15.4 Å². The minimum atomic E-state index is -0.586. The molecule has 0 aliphatic heterocycles. The zero-order valence-corrected chi connectivity index (χ0v) is 15.5. The lowest BCUT2D eigenvalue weighted by molar-refractivity contribution is -0.383. The molecule has 28 heavy (non-hydrogen) atoms. The summed E-state index contributed by atoms with van der Waals surface area (Å²) in [6, 6.07) is 12.8. The third kappa shape index (κ3) is 3.98. The number of fused-ring (bicyclic) bond motifs is 1. The van der Waals surface area contributed by atoms with Gasteiger partial charge in [0.2, 0.25) is 11.6 Å². The van der Waals surface area contributed by atoms with E-state index in [1.54, 1.807) is 12.1 Å². The van der Waals surface area contributed by atoms with E-state index < -0.39 is 10.8 Å². The largest absolute Gasteiger partial charge is 0.362 e. The summed E-state index contributed by atoms with van der Waals surface area (Å²) in [5, 5.41) is 16.2. The van der Waals surface area contributed by atoms with Crippen molar-refractivity contribution in [2.24, 2.45) is 0 Å². The zero-order valence-electron chi connectivity index (χ0n) is 15.5. The van der Waals surface area contributed by atoms with Gasteiger partial charge in [-0.15, -0.1) is 0 Å². The van der Waals surface area contributed by atoms with E-state index in [1.807, 2.05) is 44.2 Å². The van der Waals surface area contributed by atoms with Crippen molar-refractivity contribution in [3.05, 3.63) is 64.5 Å². The van der Waals surface area contributed by atoms with E-state index in [-0.39, 0.29) is 23.4 Å². The Hall–Kier alpha value is -3.75. The van der Waals surface area contributed by atoms with E-state index in [4.69, 9.17) is 0 Å². The van der Waals surface area contributed by atoms with Gasteiger partial charge in [-0.25, -0.2) is 9.97 Å². The van der Waals surface area contributed by atoms with Gasteiger partial charge in [0.15, 0.2) is 0 Å². The van der Waals surface area contributed by atoms with Crippen LogP contribution in [-0.4, -0.2) is 26.8 Å². The molecule has 3 aromatic rings. The number of nitrogens with zero attached hydrogens (tertiary/aromatic N) is 3. The number of amides is 1. The molecule has 3 N–H and O–H groups in total. The second-order valence-electron chi connectivity index (χ2n) is 6.24. The standard InChI is InChI=1S/C19H20N6O3/c1-3-12(2)22-17-16(25(27)28)18(21-11-20-17)23-24-19(26)15-10-6-8-13-7-4-5-9-14(13)15/h4-12H,3H2,1-2H3,(H,24,26)(H2,20,21,22,23). The van der Waals surface area contributed by atoms with Gasteiger partial charge < -0.3 is 5.32 Å². The van der Waals surface area contributed by atoms with Crippen LogP contribution in [-0.2, 0) is 0 Å². The first-order valence-electron chi connectivity index (χ1n) is 8.81. The highest BCUT2D eigenvalue weighted by atomic mass is 16.6. The normalized spacial score (nSPS) is 11.6. The fourth-order valence-corrected chi connectivity index (χ4v) is 2.69. The molecule has 1 aromatic heterocycles. The fraction of sp³-hybridized carbons (Fsp3) is 0.211. The number of nitro groups is 1. The summed E-state index contributed by atoms with van der Waals surface area (Å²) in [6.45, 7) is 3.84. The summed E-state index contributed by atoms with van der Waals surface area (Å²) in [7, 11) is 0. The van der Waals surface area contributed by atoms with Crippen LogP contribution in [0.5, 0.6) is 0 Å². The number of hydrazine groups is 1. The SMILES string of the molecule is CCC(C)Nc1ncnc(NNC(=O)c2cccc3ccccc23)c1[N+](=O)[O-]. The molecule has 0 saturated heterocycles. The number of hydrogen-bond donors (Lipinski definition) is 3. The van der Waals surface area contributed by atoms with E-state index in [2.05, 4.69) is 26.1 Å². The Morgan fingerprint density at radius 2 is 1.86 bits per heavy atom. The molecule has 0 radical (unpaired) electrons. The number of anilines is 2. The maximum absolute atomic E-state index is 12.6. The van der Waals surface area contributed by atoms with E-state index in [9.17, 15) is 14.9 Å². The first-order chi connectivity index (χ1) is 13.5. The molecule has 1 atom stereocenters. The lowest BCUT2D eigenvalue weighted by atomic mass is 10.0. The van der Waals surface area contributed by atoms with Crippen LogP contribution in [0.25, 0.3) is 10.8 Å². The lowest BCUT2D eigenvalue weighted by Crippen LogP contribution is -2.30. The van der Waals surface area contributed by atoms with Crippen LogP contribution in [0.1, 0.15) is 30.6 Å². The molecule has 2 aromatic carbocycles. The van der Waals surface area contributed by atoms with Gasteiger partial charge in [0, 0.05) is 11.6 Å². The van der Waals surface area contributed by atoms with Crippen LogP contribution in [0.3, 0.4) is 0 Å². The number of aromatic nitrogens is 2. The van der Waals surface area contributed by atoms with Crippen LogP contribution >= 0.6 is 0 Å². The summed E-state index contributed by atoms with van der Waals surface area (Å²) in [5.74, 6) is -0.434. The van der Waals surface area contributed by atoms with Crippen molar-refractivity contribution in [2.75, 3.05) is 10.7 Å². The van der Waals surface area contributed by atoms with Gasteiger partial charge in [-0.1, -0.05) is 43.3 Å². The quantitative estimate of drug-likeness (QED) is 0.423. The lowest BCUT2D eigenvalue weighted by Gasteiger charge is -2.14. The predicted molar refractivity (Wildman–Crippen MR) is 107 cm³/mol. The Kier molecular flexibility index (Phi) is 5.64. The molecule has 0 aliphatic rings. The molecule has 144 valence electrons. The third-order valence-electron chi connectivity index (χ3n) is 4.33. The van der Waals surface area contributed by atoms with Crippen LogP contribution in [0, 0.1) is 10.1 Å². The maximum Gasteiger partial charge on any atom is 0.354 e. The van der Waals surface area contributed by atoms with E-state index >= 15 is 0 Å². The summed E-state index contributed by atoms with van der Waals surface area (Å²) < 4.78 is 0. The molecular formula is C19H20N6O3. The van der Waals surface area contributed by atoms with E-state index in [0.29, 0.717) is 5.56 Å². The van der Waals surface area contributed by atoms with Crippen molar-refractivity contribution in [1.29, 1.82) is 0 Å². The second-order valence-corrected chi connectivity index (χ2v) is 6.24. The Morgan fingerprint density at radius 1 is 1.14 bits per heavy atom. The molecule has 1 unspecified atom stereocenters. The van der Waals surface area contributed by atoms with Gasteiger partial charge in [-0.3, -0.25) is 25.8 Å². The van der Waals surface area contributed by atoms with Gasteiger partial charge in [-0.2, -0.15) is 0 Å². The maximum atomic E-state index is 12.6. The number of benzene rings is 2. The highest BCUT2D eigenvalue weighted by Crippen LogP contribution is 2.29. The van der Waals surface area contributed by atoms with Crippen LogP contribution in [0.15, 0.2) is 48.8 Å². The van der Waals surface area contributed by atoms with E-state index in [0.717, 1.165) is 17.2 Å². The van der Waals surface area contributed by atoms with Crippen molar-refractivity contribution in [3.63, 3.8) is 0 Å². The molecule has 3 rings (SSSR count). The van der Waals surface area contributed by atoms with Crippen molar-refractivity contribution in [3.8, 4) is 0 Å². The summed E-state index contributed by atoms with van der Waals surface area (Å²) in [6.07, 6.45) is 1.96. The Balaban J connectivity index is 1.85. The number of carbonyl (C=O) groups excluding carboxylic acids is 1. The first kappa shape index (κ1) is 19.0. The van der Waals surface area contributed by atoms with Gasteiger partial charge in [0.05, 0.1) is 4.92 Å². The molecule has 0 spiro atoms.